The SMILES string of the molecule is CN(C(=O)c1ccc(Cl)cc1Br)C1CCCCC1CN. The van der Waals surface area contributed by atoms with Crippen molar-refractivity contribution in [2.75, 3.05) is 13.6 Å². The van der Waals surface area contributed by atoms with Gasteiger partial charge in [0, 0.05) is 22.6 Å². The Bertz CT molecular complexity index is 495. The summed E-state index contributed by atoms with van der Waals surface area (Å²) in [5, 5.41) is 0.619. The monoisotopic (exact) mass is 358 g/mol. The van der Waals surface area contributed by atoms with Crippen LogP contribution in [0.3, 0.4) is 0 Å². The van der Waals surface area contributed by atoms with Crippen LogP contribution < -0.4 is 5.73 Å². The Morgan fingerprint density at radius 2 is 2.15 bits per heavy atom. The molecule has 1 aromatic carbocycles. The summed E-state index contributed by atoms with van der Waals surface area (Å²) in [7, 11) is 1.88. The molecule has 20 heavy (non-hydrogen) atoms. The summed E-state index contributed by atoms with van der Waals surface area (Å²) in [5.41, 5.74) is 6.51. The molecular weight excluding hydrogens is 340 g/mol. The lowest BCUT2D eigenvalue weighted by Gasteiger charge is -2.37. The Balaban J connectivity index is 2.18. The maximum absolute atomic E-state index is 12.6. The standard InChI is InChI=1S/C15H20BrClN2O/c1-19(14-5-3-2-4-10(14)9-18)15(20)12-7-6-11(17)8-13(12)16/h6-8,10,14H,2-5,9,18H2,1H3. The van der Waals surface area contributed by atoms with E-state index in [1.165, 1.54) is 12.8 Å². The number of benzene rings is 1. The zero-order valence-electron chi connectivity index (χ0n) is 11.6. The molecule has 3 nitrogen and oxygen atoms in total. The lowest BCUT2D eigenvalue weighted by atomic mass is 9.83. The quantitative estimate of drug-likeness (QED) is 0.894. The molecule has 2 unspecified atom stereocenters. The Morgan fingerprint density at radius 3 is 2.80 bits per heavy atom. The molecule has 2 atom stereocenters. The van der Waals surface area contributed by atoms with Crippen LogP contribution in [-0.2, 0) is 0 Å². The summed E-state index contributed by atoms with van der Waals surface area (Å²) in [6.07, 6.45) is 4.53. The molecule has 0 heterocycles. The van der Waals surface area contributed by atoms with Crippen molar-refractivity contribution < 1.29 is 4.79 Å². The number of hydrogen-bond acceptors (Lipinski definition) is 2. The van der Waals surface area contributed by atoms with Crippen LogP contribution in [0.5, 0.6) is 0 Å². The number of amides is 1. The van der Waals surface area contributed by atoms with Crippen LogP contribution in [0.1, 0.15) is 36.0 Å². The van der Waals surface area contributed by atoms with Gasteiger partial charge in [-0.2, -0.15) is 0 Å². The van der Waals surface area contributed by atoms with Crippen molar-refractivity contribution in [3.05, 3.63) is 33.3 Å². The van der Waals surface area contributed by atoms with Gasteiger partial charge in [0.05, 0.1) is 5.56 Å². The molecule has 5 heteroatoms. The highest BCUT2D eigenvalue weighted by Crippen LogP contribution is 2.29. The summed E-state index contributed by atoms with van der Waals surface area (Å²) in [6.45, 7) is 0.643. The van der Waals surface area contributed by atoms with Crippen molar-refractivity contribution in [2.24, 2.45) is 11.7 Å². The lowest BCUT2D eigenvalue weighted by molar-refractivity contribution is 0.0619. The van der Waals surface area contributed by atoms with Gasteiger partial charge in [-0.25, -0.2) is 0 Å². The molecule has 1 amide bonds. The van der Waals surface area contributed by atoms with E-state index in [-0.39, 0.29) is 11.9 Å². The second-order valence-corrected chi connectivity index (χ2v) is 6.68. The van der Waals surface area contributed by atoms with Crippen LogP contribution in [0.2, 0.25) is 5.02 Å². The van der Waals surface area contributed by atoms with E-state index in [1.807, 2.05) is 11.9 Å². The normalized spacial score (nSPS) is 22.6. The molecule has 110 valence electrons. The topological polar surface area (TPSA) is 46.3 Å². The molecule has 0 radical (unpaired) electrons. The highest BCUT2D eigenvalue weighted by Gasteiger charge is 2.30. The average Bonchev–Trinajstić information content (AvgIpc) is 2.45. The molecule has 1 fully saturated rings. The lowest BCUT2D eigenvalue weighted by Crippen LogP contribution is -2.46. The zero-order chi connectivity index (χ0) is 14.7. The van der Waals surface area contributed by atoms with Crippen LogP contribution in [0.4, 0.5) is 0 Å². The predicted octanol–water partition coefficient (Wildman–Crippen LogP) is 3.69. The molecule has 0 aromatic heterocycles. The summed E-state index contributed by atoms with van der Waals surface area (Å²) >= 11 is 9.34. The van der Waals surface area contributed by atoms with Gasteiger partial charge in [0.25, 0.3) is 5.91 Å². The third-order valence-electron chi connectivity index (χ3n) is 4.15. The molecule has 1 aromatic rings. The van der Waals surface area contributed by atoms with Crippen molar-refractivity contribution >= 4 is 33.4 Å². The first-order chi connectivity index (χ1) is 9.54. The maximum atomic E-state index is 12.6. The van der Waals surface area contributed by atoms with Crippen LogP contribution in [0, 0.1) is 5.92 Å². The number of carbonyl (C=O) groups is 1. The number of nitrogens with two attached hydrogens (primary N) is 1. The second-order valence-electron chi connectivity index (χ2n) is 5.39. The van der Waals surface area contributed by atoms with E-state index in [2.05, 4.69) is 15.9 Å². The van der Waals surface area contributed by atoms with Crippen molar-refractivity contribution in [1.29, 1.82) is 0 Å². The fourth-order valence-electron chi connectivity index (χ4n) is 2.98. The van der Waals surface area contributed by atoms with Gasteiger partial charge in [0.15, 0.2) is 0 Å². The van der Waals surface area contributed by atoms with Gasteiger partial charge in [-0.15, -0.1) is 0 Å². The average molecular weight is 360 g/mol. The van der Waals surface area contributed by atoms with Crippen LogP contribution in [0.25, 0.3) is 0 Å². The summed E-state index contributed by atoms with van der Waals surface area (Å²) < 4.78 is 0.738. The van der Waals surface area contributed by atoms with Crippen LogP contribution >= 0.6 is 27.5 Å². The predicted molar refractivity (Wildman–Crippen MR) is 86.0 cm³/mol. The summed E-state index contributed by atoms with van der Waals surface area (Å²) in [4.78, 5) is 14.5. The Labute approximate surface area is 133 Å². The third-order valence-corrected chi connectivity index (χ3v) is 5.04. The Morgan fingerprint density at radius 1 is 1.45 bits per heavy atom. The Hall–Kier alpha value is -0.580. The van der Waals surface area contributed by atoms with E-state index in [0.29, 0.717) is 23.0 Å². The minimum absolute atomic E-state index is 0.0268. The van der Waals surface area contributed by atoms with Crippen molar-refractivity contribution in [3.63, 3.8) is 0 Å². The first-order valence-electron chi connectivity index (χ1n) is 6.97. The maximum Gasteiger partial charge on any atom is 0.255 e. The fraction of sp³-hybridized carbons (Fsp3) is 0.533. The number of nitrogens with zero attached hydrogens (tertiary/aromatic N) is 1. The molecule has 0 bridgehead atoms. The van der Waals surface area contributed by atoms with Gasteiger partial charge in [0.2, 0.25) is 0 Å². The van der Waals surface area contributed by atoms with Gasteiger partial charge in [0.1, 0.15) is 0 Å². The van der Waals surface area contributed by atoms with E-state index in [9.17, 15) is 4.79 Å². The number of carbonyl (C=O) groups excluding carboxylic acids is 1. The number of hydrogen-bond donors (Lipinski definition) is 1. The number of halogens is 2. The van der Waals surface area contributed by atoms with Crippen LogP contribution in [-0.4, -0.2) is 30.4 Å². The number of rotatable bonds is 3. The van der Waals surface area contributed by atoms with Gasteiger partial charge in [-0.1, -0.05) is 24.4 Å². The van der Waals surface area contributed by atoms with E-state index in [4.69, 9.17) is 17.3 Å². The molecule has 1 saturated carbocycles. The third kappa shape index (κ3) is 3.35. The van der Waals surface area contributed by atoms with Crippen molar-refractivity contribution in [3.8, 4) is 0 Å². The highest BCUT2D eigenvalue weighted by atomic mass is 79.9. The molecule has 0 aliphatic heterocycles. The van der Waals surface area contributed by atoms with Gasteiger partial charge >= 0.3 is 0 Å². The molecule has 0 spiro atoms. The van der Waals surface area contributed by atoms with Crippen LogP contribution in [0.15, 0.2) is 22.7 Å². The molecule has 1 aliphatic carbocycles. The largest absolute Gasteiger partial charge is 0.338 e. The smallest absolute Gasteiger partial charge is 0.255 e. The first kappa shape index (κ1) is 15.8. The summed E-state index contributed by atoms with van der Waals surface area (Å²) in [5.74, 6) is 0.433. The van der Waals surface area contributed by atoms with E-state index in [1.54, 1.807) is 18.2 Å². The van der Waals surface area contributed by atoms with Gasteiger partial charge in [-0.3, -0.25) is 4.79 Å². The van der Waals surface area contributed by atoms with Crippen molar-refractivity contribution in [1.82, 2.24) is 4.90 Å². The molecule has 1 aliphatic rings. The minimum atomic E-state index is 0.0268. The highest BCUT2D eigenvalue weighted by molar-refractivity contribution is 9.10. The molecule has 2 rings (SSSR count). The second kappa shape index (κ2) is 6.92. The Kier molecular flexibility index (Phi) is 5.47. The van der Waals surface area contributed by atoms with Crippen molar-refractivity contribution in [2.45, 2.75) is 31.7 Å². The summed E-state index contributed by atoms with van der Waals surface area (Å²) in [6, 6.07) is 5.51. The molecule has 0 saturated heterocycles. The van der Waals surface area contributed by atoms with Gasteiger partial charge in [-0.05, 0) is 59.4 Å². The van der Waals surface area contributed by atoms with E-state index < -0.39 is 0 Å². The van der Waals surface area contributed by atoms with E-state index in [0.717, 1.165) is 17.3 Å². The first-order valence-corrected chi connectivity index (χ1v) is 8.14. The van der Waals surface area contributed by atoms with E-state index >= 15 is 0 Å². The fourth-order valence-corrected chi connectivity index (χ4v) is 3.83. The molecule has 2 N–H and O–H groups in total. The minimum Gasteiger partial charge on any atom is -0.338 e. The zero-order valence-corrected chi connectivity index (χ0v) is 14.0. The molecular formula is C15H20BrClN2O. The van der Waals surface area contributed by atoms with Gasteiger partial charge < -0.3 is 10.6 Å².